The lowest BCUT2D eigenvalue weighted by Gasteiger charge is -2.74. The minimum absolute atomic E-state index is 0.0787. The monoisotopic (exact) mass is 456 g/mol. The molecule has 0 amide bonds. The van der Waals surface area contributed by atoms with Gasteiger partial charge in [0.25, 0.3) is 0 Å². The predicted molar refractivity (Wildman–Crippen MR) is 132 cm³/mol. The molecular weight excluding hydrogens is 408 g/mol. The van der Waals surface area contributed by atoms with Gasteiger partial charge in [-0.3, -0.25) is 9.59 Å². The standard InChI is InChI=1S/C30H48O3/c1-19-20(31)8-9-21-26(19,4)11-10-22-27(21,5)13-14-29(7)23-18-25(2,3)12-16-30(23,24(32)33)17-15-28(22,29)6/h19,21-23H,8-18H2,1-7H3,(H,32,33)/t19-,21+,22?,23?,26+,27-,28+,29-,30-/m0/s1. The van der Waals surface area contributed by atoms with Gasteiger partial charge in [-0.2, -0.15) is 0 Å². The fourth-order valence-electron chi connectivity index (χ4n) is 11.2. The number of ketones is 1. The van der Waals surface area contributed by atoms with Crippen LogP contribution in [0.1, 0.15) is 119 Å². The van der Waals surface area contributed by atoms with Gasteiger partial charge in [0, 0.05) is 12.3 Å². The van der Waals surface area contributed by atoms with E-state index in [1.165, 1.54) is 12.8 Å². The highest BCUT2D eigenvalue weighted by molar-refractivity contribution is 5.82. The molecule has 5 rings (SSSR count). The van der Waals surface area contributed by atoms with Crippen molar-refractivity contribution in [1.29, 1.82) is 0 Å². The highest BCUT2D eigenvalue weighted by Crippen LogP contribution is 2.78. The van der Waals surface area contributed by atoms with Crippen molar-refractivity contribution in [1.82, 2.24) is 0 Å². The minimum Gasteiger partial charge on any atom is -0.481 e. The van der Waals surface area contributed by atoms with Gasteiger partial charge in [0.15, 0.2) is 0 Å². The van der Waals surface area contributed by atoms with Crippen molar-refractivity contribution in [3.8, 4) is 0 Å². The number of carboxylic acids is 1. The molecule has 0 aliphatic heterocycles. The molecule has 5 aliphatic carbocycles. The maximum absolute atomic E-state index is 12.9. The number of Topliss-reactive ketones (excluding diaryl/α,β-unsaturated/α-hetero) is 1. The number of aliphatic carboxylic acids is 1. The van der Waals surface area contributed by atoms with E-state index in [-0.39, 0.29) is 38.9 Å². The lowest BCUT2D eigenvalue weighted by atomic mass is 9.30. The summed E-state index contributed by atoms with van der Waals surface area (Å²) in [5.41, 5.74) is 0.376. The van der Waals surface area contributed by atoms with Crippen LogP contribution in [-0.4, -0.2) is 16.9 Å². The van der Waals surface area contributed by atoms with Crippen molar-refractivity contribution in [3.63, 3.8) is 0 Å². The van der Waals surface area contributed by atoms with Gasteiger partial charge in [0.2, 0.25) is 0 Å². The van der Waals surface area contributed by atoms with E-state index >= 15 is 0 Å². The largest absolute Gasteiger partial charge is 0.481 e. The second-order valence-electron chi connectivity index (χ2n) is 15.1. The topological polar surface area (TPSA) is 54.4 Å². The lowest BCUT2D eigenvalue weighted by molar-refractivity contribution is -0.259. The Morgan fingerprint density at radius 1 is 0.758 bits per heavy atom. The van der Waals surface area contributed by atoms with E-state index in [9.17, 15) is 14.7 Å². The summed E-state index contributed by atoms with van der Waals surface area (Å²) in [4.78, 5) is 25.6. The Hall–Kier alpha value is -0.860. The molecular formula is C30H48O3. The molecule has 0 aromatic rings. The van der Waals surface area contributed by atoms with Crippen LogP contribution in [-0.2, 0) is 9.59 Å². The summed E-state index contributed by atoms with van der Waals surface area (Å²) in [5.74, 6) is 1.67. The van der Waals surface area contributed by atoms with Gasteiger partial charge in [-0.15, -0.1) is 0 Å². The number of hydrogen-bond donors (Lipinski definition) is 1. The van der Waals surface area contributed by atoms with Crippen LogP contribution in [0.25, 0.3) is 0 Å². The summed E-state index contributed by atoms with van der Waals surface area (Å²) in [6.45, 7) is 17.0. The van der Waals surface area contributed by atoms with Crippen LogP contribution in [0.4, 0.5) is 0 Å². The summed E-state index contributed by atoms with van der Waals surface area (Å²) in [5, 5.41) is 10.6. The van der Waals surface area contributed by atoms with E-state index in [1.54, 1.807) is 0 Å². The average Bonchev–Trinajstić information content (AvgIpc) is 2.73. The predicted octanol–water partition coefficient (Wildman–Crippen LogP) is 7.52. The summed E-state index contributed by atoms with van der Waals surface area (Å²) < 4.78 is 0. The Balaban J connectivity index is 1.57. The molecule has 5 aliphatic rings. The number of fused-ring (bicyclic) bond motifs is 7. The molecule has 3 nitrogen and oxygen atoms in total. The van der Waals surface area contributed by atoms with Gasteiger partial charge < -0.3 is 5.11 Å². The highest BCUT2D eigenvalue weighted by Gasteiger charge is 2.72. The SMILES string of the molecule is C[C@H]1C(=O)CC[C@@H]2[C@]1(C)CCC1[C@@]2(C)CC[C@@]2(C)C3CC(C)(C)CC[C@]3(C(=O)O)CC[C@]12C. The third-order valence-electron chi connectivity index (χ3n) is 13.7. The molecule has 186 valence electrons. The number of carboxylic acid groups (broad SMARTS) is 1. The van der Waals surface area contributed by atoms with Gasteiger partial charge in [-0.05, 0) is 109 Å². The Labute approximate surface area is 201 Å². The maximum Gasteiger partial charge on any atom is 0.309 e. The molecule has 5 fully saturated rings. The Kier molecular flexibility index (Phi) is 4.97. The second-order valence-corrected chi connectivity index (χ2v) is 15.1. The minimum atomic E-state index is -0.521. The first kappa shape index (κ1) is 23.9. The summed E-state index contributed by atoms with van der Waals surface area (Å²) in [6.07, 6.45) is 11.4. The van der Waals surface area contributed by atoms with Gasteiger partial charge in [0.1, 0.15) is 5.78 Å². The molecule has 0 aromatic carbocycles. The van der Waals surface area contributed by atoms with Crippen LogP contribution >= 0.6 is 0 Å². The normalized spacial score (nSPS) is 55.5. The van der Waals surface area contributed by atoms with Crippen molar-refractivity contribution < 1.29 is 14.7 Å². The Bertz CT molecular complexity index is 876. The van der Waals surface area contributed by atoms with Crippen LogP contribution in [0.3, 0.4) is 0 Å². The van der Waals surface area contributed by atoms with Gasteiger partial charge in [-0.25, -0.2) is 0 Å². The van der Waals surface area contributed by atoms with Crippen LogP contribution in [0, 0.1) is 56.2 Å². The Morgan fingerprint density at radius 3 is 2.03 bits per heavy atom. The third kappa shape index (κ3) is 2.80. The first-order chi connectivity index (χ1) is 15.2. The molecule has 2 unspecified atom stereocenters. The van der Waals surface area contributed by atoms with E-state index in [0.717, 1.165) is 57.8 Å². The fourth-order valence-corrected chi connectivity index (χ4v) is 11.2. The molecule has 0 spiro atoms. The van der Waals surface area contributed by atoms with Crippen LogP contribution in [0.2, 0.25) is 0 Å². The molecule has 0 heterocycles. The summed E-state index contributed by atoms with van der Waals surface area (Å²) >= 11 is 0. The van der Waals surface area contributed by atoms with Crippen LogP contribution in [0.15, 0.2) is 0 Å². The summed E-state index contributed by atoms with van der Waals surface area (Å²) in [7, 11) is 0. The zero-order valence-corrected chi connectivity index (χ0v) is 22.4. The summed E-state index contributed by atoms with van der Waals surface area (Å²) in [6, 6.07) is 0. The molecule has 0 bridgehead atoms. The van der Waals surface area contributed by atoms with Crippen molar-refractivity contribution in [2.45, 2.75) is 119 Å². The van der Waals surface area contributed by atoms with Crippen molar-refractivity contribution in [3.05, 3.63) is 0 Å². The van der Waals surface area contributed by atoms with Crippen molar-refractivity contribution >= 4 is 11.8 Å². The van der Waals surface area contributed by atoms with Gasteiger partial charge in [-0.1, -0.05) is 48.5 Å². The average molecular weight is 457 g/mol. The van der Waals surface area contributed by atoms with E-state index < -0.39 is 11.4 Å². The number of carbonyl (C=O) groups is 2. The number of hydrogen-bond acceptors (Lipinski definition) is 2. The first-order valence-corrected chi connectivity index (χ1v) is 13.9. The highest BCUT2D eigenvalue weighted by atomic mass is 16.4. The van der Waals surface area contributed by atoms with E-state index in [1.807, 2.05) is 0 Å². The van der Waals surface area contributed by atoms with Gasteiger partial charge in [0.05, 0.1) is 5.41 Å². The third-order valence-corrected chi connectivity index (χ3v) is 13.7. The fraction of sp³-hybridized carbons (Fsp3) is 0.933. The molecule has 9 atom stereocenters. The molecule has 0 saturated heterocycles. The molecule has 1 N–H and O–H groups in total. The molecule has 0 aromatic heterocycles. The van der Waals surface area contributed by atoms with Gasteiger partial charge >= 0.3 is 5.97 Å². The molecule has 33 heavy (non-hydrogen) atoms. The van der Waals surface area contributed by atoms with Crippen molar-refractivity contribution in [2.24, 2.45) is 56.2 Å². The zero-order valence-electron chi connectivity index (χ0n) is 22.4. The zero-order chi connectivity index (χ0) is 24.2. The second kappa shape index (κ2) is 6.88. The lowest BCUT2D eigenvalue weighted by Crippen LogP contribution is -2.68. The van der Waals surface area contributed by atoms with E-state index in [2.05, 4.69) is 48.5 Å². The molecule has 0 radical (unpaired) electrons. The smallest absolute Gasteiger partial charge is 0.309 e. The molecule has 3 heteroatoms. The van der Waals surface area contributed by atoms with E-state index in [4.69, 9.17) is 0 Å². The molecule has 5 saturated carbocycles. The number of rotatable bonds is 1. The number of carbonyl (C=O) groups excluding carboxylic acids is 1. The quantitative estimate of drug-likeness (QED) is 0.444. The maximum atomic E-state index is 12.9. The van der Waals surface area contributed by atoms with Crippen LogP contribution in [0.5, 0.6) is 0 Å². The van der Waals surface area contributed by atoms with E-state index in [0.29, 0.717) is 17.6 Å². The van der Waals surface area contributed by atoms with Crippen LogP contribution < -0.4 is 0 Å². The Morgan fingerprint density at radius 2 is 1.36 bits per heavy atom. The van der Waals surface area contributed by atoms with Crippen molar-refractivity contribution in [2.75, 3.05) is 0 Å². The first-order valence-electron chi connectivity index (χ1n) is 13.9.